The molecule has 0 spiro atoms. The second-order valence-electron chi connectivity index (χ2n) is 5.34. The first-order valence-corrected chi connectivity index (χ1v) is 7.84. The van der Waals surface area contributed by atoms with Crippen LogP contribution in [0, 0.1) is 0 Å². The molecule has 3 heterocycles. The Kier molecular flexibility index (Phi) is 3.66. The van der Waals surface area contributed by atoms with Crippen LogP contribution in [0.4, 0.5) is 0 Å². The van der Waals surface area contributed by atoms with Gasteiger partial charge in [0.1, 0.15) is 11.4 Å². The van der Waals surface area contributed by atoms with Gasteiger partial charge in [0, 0.05) is 29.6 Å². The highest BCUT2D eigenvalue weighted by Crippen LogP contribution is 2.22. The van der Waals surface area contributed by atoms with Crippen LogP contribution in [0.25, 0.3) is 16.6 Å². The molecule has 0 radical (unpaired) electrons. The summed E-state index contributed by atoms with van der Waals surface area (Å²) in [4.78, 5) is 12.2. The minimum absolute atomic E-state index is 0.262. The van der Waals surface area contributed by atoms with Crippen molar-refractivity contribution < 1.29 is 9.21 Å². The Bertz CT molecular complexity index is 1040. The quantitative estimate of drug-likeness (QED) is 0.619. The number of amides is 1. The van der Waals surface area contributed by atoms with Gasteiger partial charge < -0.3 is 9.73 Å². The van der Waals surface area contributed by atoms with Crippen molar-refractivity contribution in [2.75, 3.05) is 6.54 Å². The molecule has 24 heavy (non-hydrogen) atoms. The average molecular weight is 341 g/mol. The number of hydrogen-bond donors (Lipinski definition) is 1. The molecule has 0 unspecified atom stereocenters. The Morgan fingerprint density at radius 1 is 1.21 bits per heavy atom. The summed E-state index contributed by atoms with van der Waals surface area (Å²) in [5.74, 6) is 0.789. The average Bonchev–Trinajstić information content (AvgIpc) is 3.18. The van der Waals surface area contributed by atoms with Crippen molar-refractivity contribution in [2.24, 2.45) is 0 Å². The summed E-state index contributed by atoms with van der Waals surface area (Å²) in [6.45, 7) is 0.437. The van der Waals surface area contributed by atoms with Gasteiger partial charge in [0.05, 0.1) is 0 Å². The van der Waals surface area contributed by atoms with E-state index in [1.807, 2.05) is 28.8 Å². The van der Waals surface area contributed by atoms with Gasteiger partial charge in [-0.15, -0.1) is 10.2 Å². The van der Waals surface area contributed by atoms with Gasteiger partial charge in [0.25, 0.3) is 5.91 Å². The van der Waals surface area contributed by atoms with Crippen molar-refractivity contribution in [1.82, 2.24) is 19.9 Å². The maximum Gasteiger partial charge on any atom is 0.287 e. The fraction of sp³-hybridized carbons (Fsp3) is 0.118. The molecular formula is C17H13ClN4O2. The molecule has 3 aromatic heterocycles. The van der Waals surface area contributed by atoms with Crippen LogP contribution in [0.3, 0.4) is 0 Å². The minimum Gasteiger partial charge on any atom is -0.451 e. The van der Waals surface area contributed by atoms with Gasteiger partial charge in [-0.2, -0.15) is 0 Å². The molecule has 7 heteroatoms. The van der Waals surface area contributed by atoms with Crippen LogP contribution in [0.5, 0.6) is 0 Å². The second kappa shape index (κ2) is 5.98. The molecule has 0 aliphatic heterocycles. The van der Waals surface area contributed by atoms with E-state index in [4.69, 9.17) is 16.0 Å². The summed E-state index contributed by atoms with van der Waals surface area (Å²) in [6.07, 6.45) is 2.47. The number of halogens is 1. The Labute approximate surface area is 142 Å². The third-order valence-corrected chi connectivity index (χ3v) is 3.96. The number of furan rings is 1. The molecule has 0 saturated carbocycles. The van der Waals surface area contributed by atoms with Crippen LogP contribution in [0.1, 0.15) is 16.4 Å². The zero-order valence-electron chi connectivity index (χ0n) is 12.6. The number of benzene rings is 1. The molecule has 0 aliphatic carbocycles. The number of nitrogens with zero attached hydrogens (tertiary/aromatic N) is 3. The van der Waals surface area contributed by atoms with E-state index in [0.717, 1.165) is 16.9 Å². The van der Waals surface area contributed by atoms with E-state index in [2.05, 4.69) is 15.5 Å². The molecule has 1 N–H and O–H groups in total. The summed E-state index contributed by atoms with van der Waals surface area (Å²) < 4.78 is 7.44. The molecule has 4 rings (SSSR count). The largest absolute Gasteiger partial charge is 0.451 e. The Balaban J connectivity index is 1.44. The molecule has 0 atom stereocenters. The Morgan fingerprint density at radius 2 is 2.12 bits per heavy atom. The van der Waals surface area contributed by atoms with Crippen LogP contribution in [0.2, 0.25) is 5.02 Å². The third-order valence-electron chi connectivity index (χ3n) is 3.72. The second-order valence-corrected chi connectivity index (χ2v) is 5.78. The minimum atomic E-state index is -0.267. The molecule has 1 amide bonds. The van der Waals surface area contributed by atoms with Crippen LogP contribution in [0.15, 0.2) is 53.1 Å². The van der Waals surface area contributed by atoms with Crippen molar-refractivity contribution in [2.45, 2.75) is 6.42 Å². The van der Waals surface area contributed by atoms with Gasteiger partial charge in [0.15, 0.2) is 11.4 Å². The summed E-state index contributed by atoms with van der Waals surface area (Å²) in [6, 6.07) is 12.6. The van der Waals surface area contributed by atoms with Gasteiger partial charge in [-0.05, 0) is 36.4 Å². The number of carbonyl (C=O) groups is 1. The van der Waals surface area contributed by atoms with E-state index < -0.39 is 0 Å². The van der Waals surface area contributed by atoms with Crippen LogP contribution in [-0.2, 0) is 6.42 Å². The molecule has 0 aliphatic rings. The van der Waals surface area contributed by atoms with Gasteiger partial charge in [-0.3, -0.25) is 9.20 Å². The van der Waals surface area contributed by atoms with E-state index in [9.17, 15) is 4.79 Å². The van der Waals surface area contributed by atoms with Crippen molar-refractivity contribution in [3.63, 3.8) is 0 Å². The van der Waals surface area contributed by atoms with E-state index in [1.54, 1.807) is 24.3 Å². The van der Waals surface area contributed by atoms with E-state index >= 15 is 0 Å². The highest BCUT2D eigenvalue weighted by Gasteiger charge is 2.13. The molecule has 6 nitrogen and oxygen atoms in total. The summed E-state index contributed by atoms with van der Waals surface area (Å²) in [5, 5.41) is 12.5. The third kappa shape index (κ3) is 2.72. The lowest BCUT2D eigenvalue weighted by Crippen LogP contribution is -2.25. The van der Waals surface area contributed by atoms with E-state index in [-0.39, 0.29) is 11.7 Å². The standard InChI is InChI=1S/C17H13ClN4O2/c18-12-4-5-13-11(9-12)10-14(24-13)17(23)19-7-6-16-21-20-15-3-1-2-8-22(15)16/h1-5,8-10H,6-7H2,(H,19,23). The van der Waals surface area contributed by atoms with Crippen LogP contribution in [-0.4, -0.2) is 27.0 Å². The number of hydrogen-bond acceptors (Lipinski definition) is 4. The lowest BCUT2D eigenvalue weighted by molar-refractivity contribution is 0.0928. The monoisotopic (exact) mass is 340 g/mol. The fourth-order valence-corrected chi connectivity index (χ4v) is 2.74. The Hall–Kier alpha value is -2.86. The first-order valence-electron chi connectivity index (χ1n) is 7.47. The smallest absolute Gasteiger partial charge is 0.287 e. The zero-order chi connectivity index (χ0) is 16.5. The van der Waals surface area contributed by atoms with E-state index in [1.165, 1.54) is 0 Å². The molecular weight excluding hydrogens is 328 g/mol. The number of fused-ring (bicyclic) bond motifs is 2. The molecule has 0 saturated heterocycles. The summed E-state index contributed by atoms with van der Waals surface area (Å²) in [5.41, 5.74) is 1.42. The van der Waals surface area contributed by atoms with E-state index in [0.29, 0.717) is 23.6 Å². The summed E-state index contributed by atoms with van der Waals surface area (Å²) in [7, 11) is 0. The molecule has 4 aromatic rings. The first-order chi connectivity index (χ1) is 11.7. The number of nitrogens with one attached hydrogen (secondary N) is 1. The van der Waals surface area contributed by atoms with Gasteiger partial charge in [0.2, 0.25) is 0 Å². The number of carbonyl (C=O) groups excluding carboxylic acids is 1. The number of pyridine rings is 1. The van der Waals surface area contributed by atoms with Crippen LogP contribution >= 0.6 is 11.6 Å². The topological polar surface area (TPSA) is 72.4 Å². The SMILES string of the molecule is O=C(NCCc1nnc2ccccn12)c1cc2cc(Cl)ccc2o1. The van der Waals surface area contributed by atoms with Crippen molar-refractivity contribution in [1.29, 1.82) is 0 Å². The fourth-order valence-electron chi connectivity index (χ4n) is 2.56. The van der Waals surface area contributed by atoms with Crippen molar-refractivity contribution >= 4 is 34.1 Å². The number of aromatic nitrogens is 3. The molecule has 0 fully saturated rings. The van der Waals surface area contributed by atoms with Gasteiger partial charge in [-0.25, -0.2) is 0 Å². The Morgan fingerprint density at radius 3 is 3.04 bits per heavy atom. The predicted molar refractivity (Wildman–Crippen MR) is 90.2 cm³/mol. The van der Waals surface area contributed by atoms with Crippen molar-refractivity contribution in [3.05, 3.63) is 65.3 Å². The maximum absolute atomic E-state index is 12.2. The first kappa shape index (κ1) is 14.7. The normalized spacial score (nSPS) is 11.2. The molecule has 120 valence electrons. The van der Waals surface area contributed by atoms with Crippen LogP contribution < -0.4 is 5.32 Å². The maximum atomic E-state index is 12.2. The summed E-state index contributed by atoms with van der Waals surface area (Å²) >= 11 is 5.94. The number of rotatable bonds is 4. The highest BCUT2D eigenvalue weighted by molar-refractivity contribution is 6.31. The predicted octanol–water partition coefficient (Wildman–Crippen LogP) is 3.10. The van der Waals surface area contributed by atoms with Gasteiger partial charge in [-0.1, -0.05) is 17.7 Å². The lowest BCUT2D eigenvalue weighted by Gasteiger charge is -2.02. The zero-order valence-corrected chi connectivity index (χ0v) is 13.3. The molecule has 0 bridgehead atoms. The highest BCUT2D eigenvalue weighted by atomic mass is 35.5. The van der Waals surface area contributed by atoms with Crippen molar-refractivity contribution in [3.8, 4) is 0 Å². The lowest BCUT2D eigenvalue weighted by atomic mass is 10.2. The van der Waals surface area contributed by atoms with Gasteiger partial charge >= 0.3 is 0 Å². The molecule has 1 aromatic carbocycles.